The fraction of sp³-hybridized carbons (Fsp3) is 1.00. The Kier molecular flexibility index (Phi) is 22.1. The van der Waals surface area contributed by atoms with Crippen LogP contribution in [0.1, 0.15) is 39.0 Å². The van der Waals surface area contributed by atoms with Crippen LogP contribution in [0.3, 0.4) is 0 Å². The Morgan fingerprint density at radius 3 is 1.24 bits per heavy atom. The summed E-state index contributed by atoms with van der Waals surface area (Å²) in [6.45, 7) is 13.4. The van der Waals surface area contributed by atoms with Crippen LogP contribution in [0.4, 0.5) is 0 Å². The Hall–Kier alpha value is -0.330. The van der Waals surface area contributed by atoms with Gasteiger partial charge in [-0.05, 0) is 38.9 Å². The molecule has 0 aliphatic rings. The molecule has 0 atom stereocenters. The normalized spacial score (nSPS) is 11.9. The van der Waals surface area contributed by atoms with Crippen molar-refractivity contribution in [3.63, 3.8) is 0 Å². The van der Waals surface area contributed by atoms with Gasteiger partial charge < -0.3 is 31.9 Å². The molecule has 176 valence electrons. The van der Waals surface area contributed by atoms with Gasteiger partial charge in [-0.1, -0.05) is 19.8 Å². The highest BCUT2D eigenvalue weighted by atomic mass is 32.2. The molecule has 7 N–H and O–H groups in total. The van der Waals surface area contributed by atoms with Crippen molar-refractivity contribution < 1.29 is 13.0 Å². The van der Waals surface area contributed by atoms with Gasteiger partial charge in [0.25, 0.3) is 10.1 Å². The van der Waals surface area contributed by atoms with Crippen LogP contribution in [-0.4, -0.2) is 97.3 Å². The Balaban J connectivity index is 3.03. The molecule has 0 unspecified atom stereocenters. The van der Waals surface area contributed by atoms with Crippen molar-refractivity contribution in [2.45, 2.75) is 39.0 Å². The topological polar surface area (TPSA) is 127 Å². The lowest BCUT2D eigenvalue weighted by atomic mass is 10.2. The minimum absolute atomic E-state index is 0.217. The molecule has 9 nitrogen and oxygen atoms in total. The maximum absolute atomic E-state index is 10.5. The highest BCUT2D eigenvalue weighted by molar-refractivity contribution is 7.85. The third-order valence-corrected chi connectivity index (χ3v) is 5.09. The number of hydrogen-bond donors (Lipinski definition) is 7. The summed E-state index contributed by atoms with van der Waals surface area (Å²) in [5.41, 5.74) is 0. The van der Waals surface area contributed by atoms with E-state index in [1.807, 2.05) is 0 Å². The quantitative estimate of drug-likeness (QED) is 0.0780. The standard InChI is InChI=1S/C19H46N6O3S/c1-2-3-7-20-10-12-23-14-16-25-17-15-24-13-11-21-8-5-4-6-9-22-18-19-29(26,27)28/h20-25H,2-19H2,1H3,(H,26,27,28). The first-order valence-corrected chi connectivity index (χ1v) is 12.9. The zero-order valence-corrected chi connectivity index (χ0v) is 19.2. The lowest BCUT2D eigenvalue weighted by Crippen LogP contribution is -2.36. The summed E-state index contributed by atoms with van der Waals surface area (Å²) < 4.78 is 29.7. The molecule has 0 aromatic rings. The van der Waals surface area contributed by atoms with Gasteiger partial charge in [0.2, 0.25) is 0 Å². The van der Waals surface area contributed by atoms with Crippen LogP contribution in [0.15, 0.2) is 0 Å². The lowest BCUT2D eigenvalue weighted by Gasteiger charge is -2.09. The number of hydrogen-bond acceptors (Lipinski definition) is 8. The lowest BCUT2D eigenvalue weighted by molar-refractivity contribution is 0.480. The summed E-state index contributed by atoms with van der Waals surface area (Å²) >= 11 is 0. The average Bonchev–Trinajstić information content (AvgIpc) is 2.67. The third-order valence-electron chi connectivity index (χ3n) is 4.37. The molecule has 10 heteroatoms. The highest BCUT2D eigenvalue weighted by Gasteiger charge is 2.02. The summed E-state index contributed by atoms with van der Waals surface area (Å²) in [5, 5.41) is 20.1. The van der Waals surface area contributed by atoms with E-state index in [-0.39, 0.29) is 5.75 Å². The summed E-state index contributed by atoms with van der Waals surface area (Å²) in [5.74, 6) is -0.217. The van der Waals surface area contributed by atoms with Crippen LogP contribution in [0, 0.1) is 0 Å². The predicted molar refractivity (Wildman–Crippen MR) is 122 cm³/mol. The minimum atomic E-state index is -3.84. The molecule has 0 saturated heterocycles. The molecule has 0 saturated carbocycles. The summed E-state index contributed by atoms with van der Waals surface area (Å²) in [7, 11) is -3.84. The predicted octanol–water partition coefficient (Wildman–Crippen LogP) is -0.618. The van der Waals surface area contributed by atoms with E-state index >= 15 is 0 Å². The molecule has 0 aliphatic carbocycles. The van der Waals surface area contributed by atoms with Gasteiger partial charge in [-0.2, -0.15) is 8.42 Å². The summed E-state index contributed by atoms with van der Waals surface area (Å²) in [4.78, 5) is 0. The van der Waals surface area contributed by atoms with Crippen LogP contribution in [0.2, 0.25) is 0 Å². The molecular formula is C19H46N6O3S. The van der Waals surface area contributed by atoms with Gasteiger partial charge >= 0.3 is 0 Å². The van der Waals surface area contributed by atoms with Crippen LogP contribution < -0.4 is 31.9 Å². The van der Waals surface area contributed by atoms with E-state index in [0.717, 1.165) is 91.3 Å². The molecule has 0 rings (SSSR count). The van der Waals surface area contributed by atoms with Gasteiger partial charge in [-0.3, -0.25) is 4.55 Å². The Labute approximate surface area is 178 Å². The number of rotatable bonds is 24. The molecule has 0 aliphatic heterocycles. The Morgan fingerprint density at radius 2 is 0.862 bits per heavy atom. The molecule has 0 fully saturated rings. The van der Waals surface area contributed by atoms with Crippen LogP contribution in [0.25, 0.3) is 0 Å². The first-order valence-electron chi connectivity index (χ1n) is 11.3. The van der Waals surface area contributed by atoms with Crippen molar-refractivity contribution in [1.29, 1.82) is 0 Å². The zero-order valence-electron chi connectivity index (χ0n) is 18.4. The van der Waals surface area contributed by atoms with E-state index < -0.39 is 10.1 Å². The third kappa shape index (κ3) is 27.7. The molecular weight excluding hydrogens is 392 g/mol. The number of unbranched alkanes of at least 4 members (excludes halogenated alkanes) is 3. The molecule has 0 bridgehead atoms. The van der Waals surface area contributed by atoms with Crippen molar-refractivity contribution >= 4 is 10.1 Å². The van der Waals surface area contributed by atoms with E-state index in [1.165, 1.54) is 12.8 Å². The molecule has 0 amide bonds. The largest absolute Gasteiger partial charge is 0.316 e. The Morgan fingerprint density at radius 1 is 0.517 bits per heavy atom. The van der Waals surface area contributed by atoms with Crippen molar-refractivity contribution in [1.82, 2.24) is 31.9 Å². The molecule has 0 spiro atoms. The van der Waals surface area contributed by atoms with Crippen LogP contribution in [-0.2, 0) is 10.1 Å². The second-order valence-corrected chi connectivity index (χ2v) is 8.77. The molecule has 29 heavy (non-hydrogen) atoms. The van der Waals surface area contributed by atoms with E-state index in [4.69, 9.17) is 4.55 Å². The van der Waals surface area contributed by atoms with E-state index in [0.29, 0.717) is 6.54 Å². The second-order valence-electron chi connectivity index (χ2n) is 7.20. The first-order chi connectivity index (χ1) is 14.1. The van der Waals surface area contributed by atoms with E-state index in [1.54, 1.807) is 0 Å². The monoisotopic (exact) mass is 438 g/mol. The molecule has 0 radical (unpaired) electrons. The molecule has 0 aromatic heterocycles. The van der Waals surface area contributed by atoms with Gasteiger partial charge in [0.15, 0.2) is 0 Å². The summed E-state index contributed by atoms with van der Waals surface area (Å²) in [6.07, 6.45) is 5.74. The van der Waals surface area contributed by atoms with E-state index in [9.17, 15) is 8.42 Å². The minimum Gasteiger partial charge on any atom is -0.316 e. The fourth-order valence-corrected chi connectivity index (χ4v) is 3.04. The van der Waals surface area contributed by atoms with Gasteiger partial charge in [-0.15, -0.1) is 0 Å². The fourth-order valence-electron chi connectivity index (χ4n) is 2.64. The maximum Gasteiger partial charge on any atom is 0.266 e. The van der Waals surface area contributed by atoms with Gasteiger partial charge in [-0.25, -0.2) is 0 Å². The van der Waals surface area contributed by atoms with Crippen LogP contribution in [0.5, 0.6) is 0 Å². The van der Waals surface area contributed by atoms with Crippen molar-refractivity contribution in [3.05, 3.63) is 0 Å². The molecule has 0 heterocycles. The van der Waals surface area contributed by atoms with Gasteiger partial charge in [0, 0.05) is 58.9 Å². The summed E-state index contributed by atoms with van der Waals surface area (Å²) in [6, 6.07) is 0. The van der Waals surface area contributed by atoms with Crippen LogP contribution >= 0.6 is 0 Å². The maximum atomic E-state index is 10.5. The van der Waals surface area contributed by atoms with E-state index in [2.05, 4.69) is 38.8 Å². The van der Waals surface area contributed by atoms with Gasteiger partial charge in [0.05, 0.1) is 5.75 Å². The molecule has 0 aromatic carbocycles. The first kappa shape index (κ1) is 28.7. The number of nitrogens with one attached hydrogen (secondary N) is 6. The SMILES string of the molecule is CCCCNCCNCCNCCNCCNCCCCCNCCS(=O)(=O)O. The van der Waals surface area contributed by atoms with Crippen molar-refractivity contribution in [3.8, 4) is 0 Å². The zero-order chi connectivity index (χ0) is 21.5. The van der Waals surface area contributed by atoms with Gasteiger partial charge in [0.1, 0.15) is 0 Å². The average molecular weight is 439 g/mol. The Bertz CT molecular complexity index is 426. The highest BCUT2D eigenvalue weighted by Crippen LogP contribution is 1.92. The van der Waals surface area contributed by atoms with Crippen molar-refractivity contribution in [2.24, 2.45) is 0 Å². The second kappa shape index (κ2) is 22.4. The van der Waals surface area contributed by atoms with Crippen molar-refractivity contribution in [2.75, 3.05) is 84.3 Å². The smallest absolute Gasteiger partial charge is 0.266 e.